The third kappa shape index (κ3) is 6.77. The van der Waals surface area contributed by atoms with Crippen LogP contribution in [0.25, 0.3) is 0 Å². The number of rotatable bonds is 10. The Bertz CT molecular complexity index is 259. The Labute approximate surface area is 102 Å². The minimum Gasteiger partial charge on any atom is -0.380 e. The maximum Gasteiger partial charge on any atom is 0.0590 e. The standard InChI is InChI=1S/C13H21NOS/c1-2-3-4-10-15-11-9-14-8-7-13-6-5-12-16-13/h2,5-6,12,14H,1,3-4,7-11H2. The molecule has 0 bridgehead atoms. The number of hydrogen-bond donors (Lipinski definition) is 1. The summed E-state index contributed by atoms with van der Waals surface area (Å²) in [6.45, 7) is 7.31. The Morgan fingerprint density at radius 1 is 1.38 bits per heavy atom. The molecule has 3 heteroatoms. The summed E-state index contributed by atoms with van der Waals surface area (Å²) in [5.74, 6) is 0. The van der Waals surface area contributed by atoms with E-state index in [-0.39, 0.29) is 0 Å². The van der Waals surface area contributed by atoms with Crippen molar-refractivity contribution >= 4 is 11.3 Å². The van der Waals surface area contributed by atoms with Crippen molar-refractivity contribution in [3.63, 3.8) is 0 Å². The number of thiophene rings is 1. The second kappa shape index (κ2) is 9.58. The van der Waals surface area contributed by atoms with Gasteiger partial charge in [0.15, 0.2) is 0 Å². The van der Waals surface area contributed by atoms with Crippen molar-refractivity contribution in [3.8, 4) is 0 Å². The molecule has 2 nitrogen and oxygen atoms in total. The van der Waals surface area contributed by atoms with E-state index in [1.807, 2.05) is 17.4 Å². The van der Waals surface area contributed by atoms with Gasteiger partial charge < -0.3 is 10.1 Å². The van der Waals surface area contributed by atoms with Gasteiger partial charge in [0.25, 0.3) is 0 Å². The van der Waals surface area contributed by atoms with E-state index in [0.717, 1.165) is 45.6 Å². The molecule has 1 aromatic heterocycles. The summed E-state index contributed by atoms with van der Waals surface area (Å²) < 4.78 is 5.47. The summed E-state index contributed by atoms with van der Waals surface area (Å²) in [4.78, 5) is 1.44. The quantitative estimate of drug-likeness (QED) is 0.501. The van der Waals surface area contributed by atoms with Crippen molar-refractivity contribution in [1.82, 2.24) is 5.32 Å². The lowest BCUT2D eigenvalue weighted by molar-refractivity contribution is 0.134. The predicted molar refractivity (Wildman–Crippen MR) is 71.1 cm³/mol. The molecule has 1 N–H and O–H groups in total. The average molecular weight is 239 g/mol. The van der Waals surface area contributed by atoms with E-state index < -0.39 is 0 Å². The van der Waals surface area contributed by atoms with Gasteiger partial charge in [0.2, 0.25) is 0 Å². The molecule has 1 rings (SSSR count). The third-order valence-corrected chi connectivity index (χ3v) is 3.18. The molecule has 0 radical (unpaired) electrons. The first-order valence-electron chi connectivity index (χ1n) is 5.85. The molecule has 90 valence electrons. The van der Waals surface area contributed by atoms with Gasteiger partial charge in [0.1, 0.15) is 0 Å². The highest BCUT2D eigenvalue weighted by Gasteiger charge is 1.93. The van der Waals surface area contributed by atoms with Gasteiger partial charge in [0, 0.05) is 24.6 Å². The summed E-state index contributed by atoms with van der Waals surface area (Å²) in [5.41, 5.74) is 0. The molecule has 0 aliphatic carbocycles. The largest absolute Gasteiger partial charge is 0.380 e. The van der Waals surface area contributed by atoms with E-state index in [9.17, 15) is 0 Å². The molecule has 0 aliphatic rings. The van der Waals surface area contributed by atoms with Gasteiger partial charge >= 0.3 is 0 Å². The van der Waals surface area contributed by atoms with Gasteiger partial charge in [-0.2, -0.15) is 0 Å². The molecular weight excluding hydrogens is 218 g/mol. The number of nitrogens with one attached hydrogen (secondary N) is 1. The lowest BCUT2D eigenvalue weighted by Crippen LogP contribution is -2.22. The molecule has 0 spiro atoms. The van der Waals surface area contributed by atoms with Crippen LogP contribution in [-0.2, 0) is 11.2 Å². The lowest BCUT2D eigenvalue weighted by atomic mass is 10.3. The molecule has 16 heavy (non-hydrogen) atoms. The van der Waals surface area contributed by atoms with E-state index in [1.54, 1.807) is 0 Å². The van der Waals surface area contributed by atoms with Crippen LogP contribution < -0.4 is 5.32 Å². The van der Waals surface area contributed by atoms with E-state index in [0.29, 0.717) is 0 Å². The van der Waals surface area contributed by atoms with Crippen molar-refractivity contribution in [2.24, 2.45) is 0 Å². The maximum absolute atomic E-state index is 5.47. The summed E-state index contributed by atoms with van der Waals surface area (Å²) in [6, 6.07) is 4.28. The third-order valence-electron chi connectivity index (χ3n) is 2.25. The van der Waals surface area contributed by atoms with Crippen LogP contribution in [0.4, 0.5) is 0 Å². The summed E-state index contributed by atoms with van der Waals surface area (Å²) >= 11 is 1.82. The molecule has 0 amide bonds. The number of allylic oxidation sites excluding steroid dienone is 1. The highest BCUT2D eigenvalue weighted by molar-refractivity contribution is 7.09. The molecule has 0 saturated heterocycles. The molecule has 0 fully saturated rings. The van der Waals surface area contributed by atoms with Crippen molar-refractivity contribution in [2.75, 3.05) is 26.3 Å². The fourth-order valence-electron chi connectivity index (χ4n) is 1.37. The first-order chi connectivity index (χ1) is 7.93. The minimum atomic E-state index is 0.807. The van der Waals surface area contributed by atoms with Crippen LogP contribution in [0.5, 0.6) is 0 Å². The Balaban J connectivity index is 1.80. The van der Waals surface area contributed by atoms with Crippen LogP contribution in [0.15, 0.2) is 30.2 Å². The van der Waals surface area contributed by atoms with Gasteiger partial charge in [-0.1, -0.05) is 12.1 Å². The zero-order valence-electron chi connectivity index (χ0n) is 9.78. The summed E-state index contributed by atoms with van der Waals surface area (Å²) in [5, 5.41) is 5.50. The summed E-state index contributed by atoms with van der Waals surface area (Å²) in [7, 11) is 0. The van der Waals surface area contributed by atoms with E-state index in [1.165, 1.54) is 4.88 Å². The Hall–Kier alpha value is -0.640. The second-order valence-electron chi connectivity index (χ2n) is 3.62. The van der Waals surface area contributed by atoms with Crippen molar-refractivity contribution in [2.45, 2.75) is 19.3 Å². The monoisotopic (exact) mass is 239 g/mol. The molecule has 0 aliphatic heterocycles. The Morgan fingerprint density at radius 2 is 2.31 bits per heavy atom. The number of unbranched alkanes of at least 4 members (excludes halogenated alkanes) is 1. The molecule has 0 saturated carbocycles. The van der Waals surface area contributed by atoms with E-state index in [2.05, 4.69) is 29.4 Å². The second-order valence-corrected chi connectivity index (χ2v) is 4.65. The number of hydrogen-bond acceptors (Lipinski definition) is 3. The fourth-order valence-corrected chi connectivity index (χ4v) is 2.08. The molecule has 1 aromatic rings. The smallest absolute Gasteiger partial charge is 0.0590 e. The van der Waals surface area contributed by atoms with Gasteiger partial charge in [-0.05, 0) is 30.7 Å². The Kier molecular flexibility index (Phi) is 8.04. The fraction of sp³-hybridized carbons (Fsp3) is 0.538. The van der Waals surface area contributed by atoms with Crippen LogP contribution in [0.3, 0.4) is 0 Å². The van der Waals surface area contributed by atoms with Gasteiger partial charge in [-0.3, -0.25) is 0 Å². The lowest BCUT2D eigenvalue weighted by Gasteiger charge is -2.04. The molecule has 0 atom stereocenters. The minimum absolute atomic E-state index is 0.807. The van der Waals surface area contributed by atoms with Gasteiger partial charge in [-0.25, -0.2) is 0 Å². The van der Waals surface area contributed by atoms with Crippen molar-refractivity contribution < 1.29 is 4.74 Å². The normalized spacial score (nSPS) is 10.5. The zero-order chi connectivity index (χ0) is 11.5. The zero-order valence-corrected chi connectivity index (χ0v) is 10.6. The summed E-state index contributed by atoms with van der Waals surface area (Å²) in [6.07, 6.45) is 5.18. The van der Waals surface area contributed by atoms with Crippen LogP contribution in [0.2, 0.25) is 0 Å². The highest BCUT2D eigenvalue weighted by atomic mass is 32.1. The topological polar surface area (TPSA) is 21.3 Å². The van der Waals surface area contributed by atoms with Gasteiger partial charge in [-0.15, -0.1) is 17.9 Å². The van der Waals surface area contributed by atoms with Crippen LogP contribution in [-0.4, -0.2) is 26.3 Å². The maximum atomic E-state index is 5.47. The van der Waals surface area contributed by atoms with Crippen LogP contribution in [0.1, 0.15) is 17.7 Å². The number of ether oxygens (including phenoxy) is 1. The molecule has 0 unspecified atom stereocenters. The predicted octanol–water partition coefficient (Wildman–Crippen LogP) is 2.86. The molecule has 1 heterocycles. The average Bonchev–Trinajstić information content (AvgIpc) is 2.80. The molecule has 0 aromatic carbocycles. The first kappa shape index (κ1) is 13.4. The van der Waals surface area contributed by atoms with Crippen molar-refractivity contribution in [1.29, 1.82) is 0 Å². The van der Waals surface area contributed by atoms with Crippen LogP contribution >= 0.6 is 11.3 Å². The highest BCUT2D eigenvalue weighted by Crippen LogP contribution is 2.07. The van der Waals surface area contributed by atoms with E-state index >= 15 is 0 Å². The van der Waals surface area contributed by atoms with Crippen LogP contribution in [0, 0.1) is 0 Å². The van der Waals surface area contributed by atoms with Crippen molar-refractivity contribution in [3.05, 3.63) is 35.0 Å². The SMILES string of the molecule is C=CCCCOCCNCCc1cccs1. The first-order valence-corrected chi connectivity index (χ1v) is 6.73. The molecular formula is C13H21NOS. The Morgan fingerprint density at radius 3 is 3.06 bits per heavy atom. The van der Waals surface area contributed by atoms with E-state index in [4.69, 9.17) is 4.74 Å². The van der Waals surface area contributed by atoms with Gasteiger partial charge in [0.05, 0.1) is 6.61 Å².